The van der Waals surface area contributed by atoms with E-state index in [1.165, 1.54) is 11.9 Å². The number of nitrogens with zero attached hydrogens (tertiary/aromatic N) is 2. The molecule has 0 saturated carbocycles. The van der Waals surface area contributed by atoms with Crippen molar-refractivity contribution in [3.63, 3.8) is 0 Å². The summed E-state index contributed by atoms with van der Waals surface area (Å²) in [7, 11) is 1.44. The second-order valence-electron chi connectivity index (χ2n) is 5.76. The van der Waals surface area contributed by atoms with E-state index in [0.29, 0.717) is 12.6 Å². The van der Waals surface area contributed by atoms with Gasteiger partial charge in [-0.15, -0.1) is 0 Å². The second-order valence-corrected chi connectivity index (χ2v) is 5.76. The molecule has 0 aliphatic rings. The number of nitrogens with one attached hydrogen (secondary N) is 2. The zero-order chi connectivity index (χ0) is 20.6. The molecule has 0 fully saturated rings. The van der Waals surface area contributed by atoms with Crippen LogP contribution in [0.4, 0.5) is 24.5 Å². The van der Waals surface area contributed by atoms with Gasteiger partial charge in [0.2, 0.25) is 11.8 Å². The van der Waals surface area contributed by atoms with Crippen molar-refractivity contribution < 1.29 is 27.7 Å². The molecule has 0 saturated heterocycles. The summed E-state index contributed by atoms with van der Waals surface area (Å²) in [6, 6.07) is 2.11. The van der Waals surface area contributed by atoms with Crippen LogP contribution in [0.25, 0.3) is 0 Å². The number of anilines is 1. The number of alkyl halides is 3. The molecule has 1 rings (SSSR count). The summed E-state index contributed by atoms with van der Waals surface area (Å²) in [5.74, 6) is -0.692. The lowest BCUT2D eigenvalue weighted by Crippen LogP contribution is -2.39. The van der Waals surface area contributed by atoms with Gasteiger partial charge in [-0.2, -0.15) is 13.2 Å². The SMILES string of the molecule is CCCNC(=O)CN(C)C(=O)CCNc1ccc(C(F)(F)F)cc1[N+](=O)[O-]. The fraction of sp³-hybridized carbons (Fsp3) is 0.500. The summed E-state index contributed by atoms with van der Waals surface area (Å²) < 4.78 is 38.0. The van der Waals surface area contributed by atoms with Gasteiger partial charge in [-0.05, 0) is 18.6 Å². The van der Waals surface area contributed by atoms with Crippen LogP contribution in [-0.4, -0.2) is 48.3 Å². The Morgan fingerprint density at radius 1 is 1.26 bits per heavy atom. The molecule has 27 heavy (non-hydrogen) atoms. The Bertz CT molecular complexity index is 695. The van der Waals surface area contributed by atoms with Crippen LogP contribution in [0, 0.1) is 10.1 Å². The summed E-state index contributed by atoms with van der Waals surface area (Å²) >= 11 is 0. The topological polar surface area (TPSA) is 105 Å². The van der Waals surface area contributed by atoms with Gasteiger partial charge in [0.1, 0.15) is 5.69 Å². The average molecular weight is 390 g/mol. The van der Waals surface area contributed by atoms with Gasteiger partial charge in [-0.3, -0.25) is 19.7 Å². The minimum atomic E-state index is -4.69. The van der Waals surface area contributed by atoms with Crippen molar-refractivity contribution in [2.24, 2.45) is 0 Å². The van der Waals surface area contributed by atoms with Gasteiger partial charge in [-0.25, -0.2) is 0 Å². The van der Waals surface area contributed by atoms with Crippen LogP contribution >= 0.6 is 0 Å². The predicted molar refractivity (Wildman–Crippen MR) is 92.1 cm³/mol. The molecule has 1 aromatic rings. The van der Waals surface area contributed by atoms with Gasteiger partial charge in [-0.1, -0.05) is 6.92 Å². The minimum absolute atomic E-state index is 0.0358. The Morgan fingerprint density at radius 3 is 2.48 bits per heavy atom. The molecule has 8 nitrogen and oxygen atoms in total. The fourth-order valence-electron chi connectivity index (χ4n) is 2.13. The summed E-state index contributed by atoms with van der Waals surface area (Å²) in [4.78, 5) is 34.8. The zero-order valence-electron chi connectivity index (χ0n) is 14.9. The molecule has 0 unspecified atom stereocenters. The van der Waals surface area contributed by atoms with Gasteiger partial charge in [0, 0.05) is 32.6 Å². The number of benzene rings is 1. The largest absolute Gasteiger partial charge is 0.416 e. The number of rotatable bonds is 9. The molecule has 0 spiro atoms. The normalized spacial score (nSPS) is 11.0. The Balaban J connectivity index is 2.64. The molecule has 2 N–H and O–H groups in total. The van der Waals surface area contributed by atoms with Crippen LogP contribution in [0.1, 0.15) is 25.3 Å². The number of nitro benzene ring substituents is 1. The maximum atomic E-state index is 12.7. The third-order valence-electron chi connectivity index (χ3n) is 3.55. The molecule has 0 bridgehead atoms. The van der Waals surface area contributed by atoms with E-state index in [-0.39, 0.29) is 37.0 Å². The lowest BCUT2D eigenvalue weighted by Gasteiger charge is -2.17. The lowest BCUT2D eigenvalue weighted by atomic mass is 10.1. The third kappa shape index (κ3) is 7.12. The van der Waals surface area contributed by atoms with Crippen molar-refractivity contribution in [1.29, 1.82) is 0 Å². The van der Waals surface area contributed by atoms with E-state index in [0.717, 1.165) is 18.6 Å². The van der Waals surface area contributed by atoms with Crippen LogP contribution in [0.3, 0.4) is 0 Å². The Kier molecular flexibility index (Phi) is 8.00. The first-order valence-electron chi connectivity index (χ1n) is 8.16. The van der Waals surface area contributed by atoms with Crippen LogP contribution < -0.4 is 10.6 Å². The monoisotopic (exact) mass is 390 g/mol. The van der Waals surface area contributed by atoms with E-state index in [1.807, 2.05) is 6.92 Å². The number of carbonyl (C=O) groups excluding carboxylic acids is 2. The van der Waals surface area contributed by atoms with E-state index in [4.69, 9.17) is 0 Å². The molecule has 0 aliphatic carbocycles. The summed E-state index contributed by atoms with van der Waals surface area (Å²) in [6.45, 7) is 2.23. The van der Waals surface area contributed by atoms with E-state index in [9.17, 15) is 32.9 Å². The van der Waals surface area contributed by atoms with Gasteiger partial charge in [0.25, 0.3) is 5.69 Å². The Hall–Kier alpha value is -2.85. The number of hydrogen-bond acceptors (Lipinski definition) is 5. The predicted octanol–water partition coefficient (Wildman–Crippen LogP) is 2.40. The van der Waals surface area contributed by atoms with Crippen molar-refractivity contribution in [1.82, 2.24) is 10.2 Å². The van der Waals surface area contributed by atoms with Gasteiger partial charge < -0.3 is 15.5 Å². The number of nitro groups is 1. The fourth-order valence-corrected chi connectivity index (χ4v) is 2.13. The maximum Gasteiger partial charge on any atom is 0.416 e. The van der Waals surface area contributed by atoms with Gasteiger partial charge >= 0.3 is 6.18 Å². The third-order valence-corrected chi connectivity index (χ3v) is 3.55. The minimum Gasteiger partial charge on any atom is -0.379 e. The molecular weight excluding hydrogens is 369 g/mol. The highest BCUT2D eigenvalue weighted by Gasteiger charge is 2.33. The average Bonchev–Trinajstić information content (AvgIpc) is 2.58. The number of halogens is 3. The highest BCUT2D eigenvalue weighted by molar-refractivity contribution is 5.84. The Morgan fingerprint density at radius 2 is 1.93 bits per heavy atom. The molecule has 11 heteroatoms. The zero-order valence-corrected chi connectivity index (χ0v) is 14.9. The quantitative estimate of drug-likeness (QED) is 0.498. The molecule has 2 amide bonds. The summed E-state index contributed by atoms with van der Waals surface area (Å²) in [5, 5.41) is 16.2. The van der Waals surface area contributed by atoms with Crippen molar-refractivity contribution in [2.45, 2.75) is 25.9 Å². The van der Waals surface area contributed by atoms with E-state index < -0.39 is 22.4 Å². The Labute approximate surface area is 153 Å². The maximum absolute atomic E-state index is 12.7. The lowest BCUT2D eigenvalue weighted by molar-refractivity contribution is -0.384. The number of amides is 2. The molecule has 0 aromatic heterocycles. The van der Waals surface area contributed by atoms with Gasteiger partial charge in [0.05, 0.1) is 17.0 Å². The summed E-state index contributed by atoms with van der Waals surface area (Å²) in [5.41, 5.74) is -1.98. The van der Waals surface area contributed by atoms with Crippen molar-refractivity contribution in [3.8, 4) is 0 Å². The van der Waals surface area contributed by atoms with Crippen LogP contribution in [0.5, 0.6) is 0 Å². The van der Waals surface area contributed by atoms with E-state index in [1.54, 1.807) is 0 Å². The standard InChI is InChI=1S/C16H21F3N4O4/c1-3-7-21-14(24)10-22(2)15(25)6-8-20-12-5-4-11(16(17,18)19)9-13(12)23(26)27/h4-5,9,20H,3,6-8,10H2,1-2H3,(H,21,24). The highest BCUT2D eigenvalue weighted by Crippen LogP contribution is 2.34. The molecule has 0 radical (unpaired) electrons. The first-order chi connectivity index (χ1) is 12.6. The molecule has 0 aliphatic heterocycles. The first kappa shape index (κ1) is 22.2. The smallest absolute Gasteiger partial charge is 0.379 e. The molecule has 0 heterocycles. The van der Waals surface area contributed by atoms with Crippen molar-refractivity contribution in [2.75, 3.05) is 32.0 Å². The summed E-state index contributed by atoms with van der Waals surface area (Å²) in [6.07, 6.45) is -4.02. The van der Waals surface area contributed by atoms with E-state index in [2.05, 4.69) is 10.6 Å². The molecule has 1 aromatic carbocycles. The van der Waals surface area contributed by atoms with Crippen molar-refractivity contribution in [3.05, 3.63) is 33.9 Å². The van der Waals surface area contributed by atoms with Crippen LogP contribution in [0.15, 0.2) is 18.2 Å². The molecule has 0 atom stereocenters. The van der Waals surface area contributed by atoms with E-state index >= 15 is 0 Å². The number of carbonyl (C=O) groups is 2. The second kappa shape index (κ2) is 9.74. The highest BCUT2D eigenvalue weighted by atomic mass is 19.4. The van der Waals surface area contributed by atoms with Crippen molar-refractivity contribution >= 4 is 23.2 Å². The molecular formula is C16H21F3N4O4. The van der Waals surface area contributed by atoms with Crippen LogP contribution in [0.2, 0.25) is 0 Å². The van der Waals surface area contributed by atoms with Gasteiger partial charge in [0.15, 0.2) is 0 Å². The number of hydrogen-bond donors (Lipinski definition) is 2. The number of likely N-dealkylation sites (N-methyl/N-ethyl adjacent to an activating group) is 1. The van der Waals surface area contributed by atoms with Crippen LogP contribution in [-0.2, 0) is 15.8 Å². The molecule has 150 valence electrons. The first-order valence-corrected chi connectivity index (χ1v) is 8.16.